The van der Waals surface area contributed by atoms with Crippen molar-refractivity contribution in [2.75, 3.05) is 5.32 Å². The summed E-state index contributed by atoms with van der Waals surface area (Å²) in [4.78, 5) is 16.1. The number of aromatic nitrogens is 1. The third kappa shape index (κ3) is 6.28. The largest absolute Gasteiger partial charge is 0.444 e. The number of nitrogens with one attached hydrogen (secondary N) is 2. The van der Waals surface area contributed by atoms with E-state index in [1.807, 2.05) is 57.3 Å². The maximum Gasteiger partial charge on any atom is 0.407 e. The molecule has 5 nitrogen and oxygen atoms in total. The van der Waals surface area contributed by atoms with Crippen molar-refractivity contribution in [1.29, 1.82) is 0 Å². The first-order chi connectivity index (χ1) is 10.8. The van der Waals surface area contributed by atoms with Crippen molar-refractivity contribution in [3.63, 3.8) is 0 Å². The number of aryl methyl sites for hydroxylation is 1. The monoisotopic (exact) mass is 333 g/mol. The van der Waals surface area contributed by atoms with Crippen LogP contribution in [0.15, 0.2) is 29.6 Å². The number of amides is 1. The number of hydrogen-bond acceptors (Lipinski definition) is 5. The molecule has 0 aliphatic rings. The first kappa shape index (κ1) is 17.3. The van der Waals surface area contributed by atoms with E-state index in [1.165, 1.54) is 0 Å². The molecule has 1 aromatic heterocycles. The first-order valence-corrected chi connectivity index (χ1v) is 8.40. The van der Waals surface area contributed by atoms with Crippen molar-refractivity contribution in [1.82, 2.24) is 10.3 Å². The minimum absolute atomic E-state index is 0.408. The number of alkyl carbamates (subject to hydrolysis) is 1. The summed E-state index contributed by atoms with van der Waals surface area (Å²) in [5.41, 5.74) is 2.57. The van der Waals surface area contributed by atoms with Crippen LogP contribution in [0.2, 0.25) is 0 Å². The average molecular weight is 333 g/mol. The lowest BCUT2D eigenvalue weighted by atomic mass is 10.2. The molecule has 0 spiro atoms. The summed E-state index contributed by atoms with van der Waals surface area (Å²) in [5, 5.41) is 9.20. The second-order valence-electron chi connectivity index (χ2n) is 6.29. The molecule has 2 rings (SSSR count). The Morgan fingerprint density at radius 2 is 2.09 bits per heavy atom. The maximum absolute atomic E-state index is 11.7. The molecule has 0 fully saturated rings. The number of carbonyl (C=O) groups is 1. The van der Waals surface area contributed by atoms with E-state index in [9.17, 15) is 4.79 Å². The normalized spacial score (nSPS) is 11.1. The van der Waals surface area contributed by atoms with Crippen molar-refractivity contribution in [3.05, 3.63) is 45.9 Å². The fraction of sp³-hybridized carbons (Fsp3) is 0.412. The van der Waals surface area contributed by atoms with E-state index < -0.39 is 11.7 Å². The van der Waals surface area contributed by atoms with Crippen LogP contribution in [0.4, 0.5) is 10.5 Å². The molecular formula is C17H23N3O2S. The molecule has 0 saturated carbocycles. The molecule has 0 bridgehead atoms. The molecule has 6 heteroatoms. The Morgan fingerprint density at radius 3 is 2.74 bits per heavy atom. The lowest BCUT2D eigenvalue weighted by molar-refractivity contribution is 0.0523. The Kier molecular flexibility index (Phi) is 5.60. The second-order valence-corrected chi connectivity index (χ2v) is 7.23. The molecule has 0 unspecified atom stereocenters. The lowest BCUT2D eigenvalue weighted by Crippen LogP contribution is -2.32. The summed E-state index contributed by atoms with van der Waals surface area (Å²) in [7, 11) is 0. The predicted molar refractivity (Wildman–Crippen MR) is 93.7 cm³/mol. The second kappa shape index (κ2) is 7.46. The van der Waals surface area contributed by atoms with Gasteiger partial charge in [0, 0.05) is 23.3 Å². The summed E-state index contributed by atoms with van der Waals surface area (Å²) in [5.74, 6) is 0. The maximum atomic E-state index is 11.7. The molecule has 1 amide bonds. The zero-order valence-electron chi connectivity index (χ0n) is 14.0. The van der Waals surface area contributed by atoms with Gasteiger partial charge in [0.15, 0.2) is 0 Å². The van der Waals surface area contributed by atoms with Gasteiger partial charge in [-0.3, -0.25) is 0 Å². The van der Waals surface area contributed by atoms with Crippen molar-refractivity contribution < 1.29 is 9.53 Å². The van der Waals surface area contributed by atoms with E-state index in [-0.39, 0.29) is 0 Å². The Morgan fingerprint density at radius 1 is 1.30 bits per heavy atom. The standard InChI is InChI=1S/C17H23N3O2S/c1-12-11-23-15(20-12)10-18-14-7-5-6-13(8-14)9-19-16(21)22-17(2,3)4/h5-8,11,18H,9-10H2,1-4H3,(H,19,21). The number of anilines is 1. The van der Waals surface area contributed by atoms with E-state index >= 15 is 0 Å². The van der Waals surface area contributed by atoms with Crippen LogP contribution in [0.25, 0.3) is 0 Å². The minimum atomic E-state index is -0.487. The van der Waals surface area contributed by atoms with Gasteiger partial charge in [-0.05, 0) is 45.4 Å². The third-order valence-corrected chi connectivity index (χ3v) is 3.84. The molecule has 124 valence electrons. The number of rotatable bonds is 5. The molecule has 0 aliphatic carbocycles. The molecule has 2 aromatic rings. The third-order valence-electron chi connectivity index (χ3n) is 2.87. The molecule has 0 radical (unpaired) electrons. The number of thiazole rings is 1. The van der Waals surface area contributed by atoms with Crippen LogP contribution in [0.5, 0.6) is 0 Å². The highest BCUT2D eigenvalue weighted by Gasteiger charge is 2.15. The van der Waals surface area contributed by atoms with E-state index in [4.69, 9.17) is 4.74 Å². The van der Waals surface area contributed by atoms with E-state index in [2.05, 4.69) is 15.6 Å². The summed E-state index contributed by atoms with van der Waals surface area (Å²) in [6, 6.07) is 7.94. The van der Waals surface area contributed by atoms with Gasteiger partial charge in [0.2, 0.25) is 0 Å². The van der Waals surface area contributed by atoms with Crippen LogP contribution in [-0.2, 0) is 17.8 Å². The van der Waals surface area contributed by atoms with Gasteiger partial charge in [0.05, 0.1) is 6.54 Å². The molecule has 0 atom stereocenters. The van der Waals surface area contributed by atoms with Crippen molar-refractivity contribution in [2.45, 2.75) is 46.4 Å². The smallest absolute Gasteiger partial charge is 0.407 e. The van der Waals surface area contributed by atoms with Crippen LogP contribution < -0.4 is 10.6 Å². The topological polar surface area (TPSA) is 63.2 Å². The number of ether oxygens (including phenoxy) is 1. The fourth-order valence-electron chi connectivity index (χ4n) is 1.94. The molecule has 0 saturated heterocycles. The summed E-state index contributed by atoms with van der Waals surface area (Å²) < 4.78 is 5.22. The zero-order valence-corrected chi connectivity index (χ0v) is 14.8. The first-order valence-electron chi connectivity index (χ1n) is 7.52. The average Bonchev–Trinajstić information content (AvgIpc) is 2.87. The highest BCUT2D eigenvalue weighted by atomic mass is 32.1. The van der Waals surface area contributed by atoms with Gasteiger partial charge >= 0.3 is 6.09 Å². The minimum Gasteiger partial charge on any atom is -0.444 e. The molecule has 23 heavy (non-hydrogen) atoms. The summed E-state index contributed by atoms with van der Waals surface area (Å²) in [6.07, 6.45) is -0.408. The SMILES string of the molecule is Cc1csc(CNc2cccc(CNC(=O)OC(C)(C)C)c2)n1. The van der Waals surface area contributed by atoms with Crippen LogP contribution in [0.1, 0.15) is 37.0 Å². The van der Waals surface area contributed by atoms with Crippen LogP contribution >= 0.6 is 11.3 Å². The highest BCUT2D eigenvalue weighted by Crippen LogP contribution is 2.15. The van der Waals surface area contributed by atoms with Crippen LogP contribution in [0, 0.1) is 6.92 Å². The van der Waals surface area contributed by atoms with Gasteiger partial charge in [0.1, 0.15) is 10.6 Å². The Hall–Kier alpha value is -2.08. The number of nitrogens with zero attached hydrogens (tertiary/aromatic N) is 1. The van der Waals surface area contributed by atoms with Gasteiger partial charge in [-0.2, -0.15) is 0 Å². The Labute approximate surface area is 141 Å². The van der Waals surface area contributed by atoms with Gasteiger partial charge < -0.3 is 15.4 Å². The van der Waals surface area contributed by atoms with Gasteiger partial charge in [-0.1, -0.05) is 12.1 Å². The molecule has 0 aliphatic heterocycles. The number of benzene rings is 1. The van der Waals surface area contributed by atoms with Gasteiger partial charge in [-0.15, -0.1) is 11.3 Å². The Bertz CT molecular complexity index is 662. The summed E-state index contributed by atoms with van der Waals surface area (Å²) in [6.45, 7) is 8.65. The quantitative estimate of drug-likeness (QED) is 0.865. The highest BCUT2D eigenvalue weighted by molar-refractivity contribution is 7.09. The predicted octanol–water partition coefficient (Wildman–Crippen LogP) is 4.09. The lowest BCUT2D eigenvalue weighted by Gasteiger charge is -2.19. The van der Waals surface area contributed by atoms with Crippen LogP contribution in [-0.4, -0.2) is 16.7 Å². The van der Waals surface area contributed by atoms with E-state index in [0.717, 1.165) is 22.0 Å². The molecule has 1 aromatic carbocycles. The van der Waals surface area contributed by atoms with Gasteiger partial charge in [-0.25, -0.2) is 9.78 Å². The Balaban J connectivity index is 1.85. The van der Waals surface area contributed by atoms with Crippen molar-refractivity contribution in [2.24, 2.45) is 0 Å². The zero-order chi connectivity index (χ0) is 16.9. The fourth-order valence-corrected chi connectivity index (χ4v) is 2.65. The van der Waals surface area contributed by atoms with E-state index in [0.29, 0.717) is 13.1 Å². The summed E-state index contributed by atoms with van der Waals surface area (Å²) >= 11 is 1.65. The number of hydrogen-bond donors (Lipinski definition) is 2. The molecule has 1 heterocycles. The van der Waals surface area contributed by atoms with Crippen molar-refractivity contribution in [3.8, 4) is 0 Å². The van der Waals surface area contributed by atoms with E-state index in [1.54, 1.807) is 11.3 Å². The van der Waals surface area contributed by atoms with Crippen LogP contribution in [0.3, 0.4) is 0 Å². The van der Waals surface area contributed by atoms with Gasteiger partial charge in [0.25, 0.3) is 0 Å². The van der Waals surface area contributed by atoms with Crippen molar-refractivity contribution >= 4 is 23.1 Å². The molecule has 2 N–H and O–H groups in total. The molecular weight excluding hydrogens is 310 g/mol. The number of carbonyl (C=O) groups excluding carboxylic acids is 1.